The van der Waals surface area contributed by atoms with Crippen LogP contribution in [0.15, 0.2) is 18.3 Å². The maximum Gasteiger partial charge on any atom is 0.161 e. The number of rotatable bonds is 1. The first-order chi connectivity index (χ1) is 5.77. The van der Waals surface area contributed by atoms with Crippen LogP contribution in [0.1, 0.15) is 28.5 Å². The second-order valence-corrected chi connectivity index (χ2v) is 2.92. The Morgan fingerprint density at radius 2 is 2.42 bits per heavy atom. The van der Waals surface area contributed by atoms with Crippen molar-refractivity contribution in [3.8, 4) is 0 Å². The van der Waals surface area contributed by atoms with E-state index in [0.29, 0.717) is 5.56 Å². The van der Waals surface area contributed by atoms with Crippen LogP contribution in [-0.4, -0.2) is 10.8 Å². The Kier molecular flexibility index (Phi) is 1.54. The van der Waals surface area contributed by atoms with E-state index in [-0.39, 0.29) is 5.78 Å². The van der Waals surface area contributed by atoms with E-state index in [4.69, 9.17) is 0 Å². The molecule has 0 amide bonds. The summed E-state index contributed by atoms with van der Waals surface area (Å²) in [5.41, 5.74) is 2.85. The van der Waals surface area contributed by atoms with Crippen molar-refractivity contribution in [2.24, 2.45) is 0 Å². The van der Waals surface area contributed by atoms with Crippen LogP contribution in [0.4, 0.5) is 0 Å². The second kappa shape index (κ2) is 2.55. The number of Topliss-reactive ketones (excluding diaryl/α,β-unsaturated/α-hetero) is 1. The van der Waals surface area contributed by atoms with Crippen molar-refractivity contribution in [1.29, 1.82) is 0 Å². The van der Waals surface area contributed by atoms with Crippen molar-refractivity contribution >= 4 is 11.9 Å². The molecule has 1 heterocycles. The number of pyridine rings is 1. The molecular formula is C10H9NO. The molecule has 0 N–H and O–H groups in total. The predicted molar refractivity (Wildman–Crippen MR) is 47.0 cm³/mol. The maximum atomic E-state index is 11.0. The van der Waals surface area contributed by atoms with Gasteiger partial charge in [-0.2, -0.15) is 0 Å². The van der Waals surface area contributed by atoms with E-state index in [1.165, 1.54) is 0 Å². The van der Waals surface area contributed by atoms with Crippen molar-refractivity contribution in [3.05, 3.63) is 35.2 Å². The fourth-order valence-corrected chi connectivity index (χ4v) is 1.32. The van der Waals surface area contributed by atoms with Gasteiger partial charge < -0.3 is 0 Å². The van der Waals surface area contributed by atoms with Crippen LogP contribution in [0.2, 0.25) is 0 Å². The summed E-state index contributed by atoms with van der Waals surface area (Å²) in [6.45, 7) is 1.56. The minimum Gasteiger partial charge on any atom is -0.294 e. The van der Waals surface area contributed by atoms with Crippen LogP contribution >= 0.6 is 0 Å². The number of carbonyl (C=O) groups is 1. The smallest absolute Gasteiger partial charge is 0.161 e. The average molecular weight is 159 g/mol. The van der Waals surface area contributed by atoms with Gasteiger partial charge in [0.2, 0.25) is 0 Å². The highest BCUT2D eigenvalue weighted by Crippen LogP contribution is 2.17. The molecular weight excluding hydrogens is 150 g/mol. The minimum atomic E-state index is 0.0746. The largest absolute Gasteiger partial charge is 0.294 e. The highest BCUT2D eigenvalue weighted by atomic mass is 16.1. The molecule has 1 aromatic rings. The Labute approximate surface area is 70.9 Å². The molecule has 0 unspecified atom stereocenters. The van der Waals surface area contributed by atoms with Gasteiger partial charge in [0.25, 0.3) is 0 Å². The maximum absolute atomic E-state index is 11.0. The normalized spacial score (nSPS) is 13.1. The van der Waals surface area contributed by atoms with Crippen molar-refractivity contribution in [2.75, 3.05) is 0 Å². The zero-order chi connectivity index (χ0) is 8.55. The van der Waals surface area contributed by atoms with Crippen LogP contribution in [-0.2, 0) is 6.42 Å². The molecule has 0 saturated carbocycles. The van der Waals surface area contributed by atoms with Gasteiger partial charge in [0.1, 0.15) is 0 Å². The molecule has 0 bridgehead atoms. The van der Waals surface area contributed by atoms with Gasteiger partial charge in [0.15, 0.2) is 5.78 Å². The fourth-order valence-electron chi connectivity index (χ4n) is 1.32. The van der Waals surface area contributed by atoms with Crippen molar-refractivity contribution in [3.63, 3.8) is 0 Å². The fraction of sp³-hybridized carbons (Fsp3) is 0.200. The molecule has 1 aromatic heterocycles. The lowest BCUT2D eigenvalue weighted by Gasteiger charge is -1.99. The van der Waals surface area contributed by atoms with Gasteiger partial charge in [-0.1, -0.05) is 12.2 Å². The lowest BCUT2D eigenvalue weighted by atomic mass is 10.1. The quantitative estimate of drug-likeness (QED) is 0.585. The molecule has 2 heteroatoms. The molecule has 2 rings (SSSR count). The molecule has 1 aliphatic rings. The summed E-state index contributed by atoms with van der Waals surface area (Å²) < 4.78 is 0. The Bertz CT molecular complexity index is 366. The Morgan fingerprint density at radius 1 is 1.58 bits per heavy atom. The first kappa shape index (κ1) is 7.22. The van der Waals surface area contributed by atoms with Gasteiger partial charge in [-0.25, -0.2) is 0 Å². The van der Waals surface area contributed by atoms with Gasteiger partial charge in [0, 0.05) is 18.2 Å². The van der Waals surface area contributed by atoms with Crippen LogP contribution in [0.25, 0.3) is 6.08 Å². The van der Waals surface area contributed by atoms with E-state index in [1.807, 2.05) is 12.1 Å². The molecule has 2 nitrogen and oxygen atoms in total. The van der Waals surface area contributed by atoms with Gasteiger partial charge >= 0.3 is 0 Å². The third-order valence-electron chi connectivity index (χ3n) is 2.02. The van der Waals surface area contributed by atoms with E-state index in [0.717, 1.165) is 17.7 Å². The molecule has 1 aliphatic carbocycles. The van der Waals surface area contributed by atoms with Gasteiger partial charge in [-0.15, -0.1) is 0 Å². The number of hydrogen-bond donors (Lipinski definition) is 0. The number of hydrogen-bond acceptors (Lipinski definition) is 2. The van der Waals surface area contributed by atoms with E-state index in [9.17, 15) is 4.79 Å². The number of ketones is 1. The summed E-state index contributed by atoms with van der Waals surface area (Å²) in [6.07, 6.45) is 6.61. The Morgan fingerprint density at radius 3 is 3.17 bits per heavy atom. The summed E-state index contributed by atoms with van der Waals surface area (Å²) >= 11 is 0. The zero-order valence-electron chi connectivity index (χ0n) is 6.87. The third-order valence-corrected chi connectivity index (χ3v) is 2.02. The van der Waals surface area contributed by atoms with Crippen molar-refractivity contribution in [2.45, 2.75) is 13.3 Å². The third kappa shape index (κ3) is 1.05. The molecule has 0 radical (unpaired) electrons. The van der Waals surface area contributed by atoms with Crippen LogP contribution in [0.3, 0.4) is 0 Å². The summed E-state index contributed by atoms with van der Waals surface area (Å²) in [5, 5.41) is 0. The number of allylic oxidation sites excluding steroid dienone is 1. The number of fused-ring (bicyclic) bond motifs is 1. The molecule has 0 saturated heterocycles. The summed E-state index contributed by atoms with van der Waals surface area (Å²) in [4.78, 5) is 15.2. The van der Waals surface area contributed by atoms with Crippen LogP contribution in [0.5, 0.6) is 0 Å². The number of aromatic nitrogens is 1. The van der Waals surface area contributed by atoms with Crippen LogP contribution in [0, 0.1) is 0 Å². The molecule has 0 fully saturated rings. The van der Waals surface area contributed by atoms with Gasteiger partial charge in [-0.05, 0) is 18.6 Å². The second-order valence-electron chi connectivity index (χ2n) is 2.92. The highest BCUT2D eigenvalue weighted by molar-refractivity contribution is 5.94. The van der Waals surface area contributed by atoms with Crippen molar-refractivity contribution < 1.29 is 4.79 Å². The van der Waals surface area contributed by atoms with Gasteiger partial charge in [0.05, 0.1) is 5.69 Å². The first-order valence-electron chi connectivity index (χ1n) is 3.94. The van der Waals surface area contributed by atoms with Crippen molar-refractivity contribution in [1.82, 2.24) is 4.98 Å². The SMILES string of the molecule is CC(=O)c1cnc2c(c1)C=CC2. The van der Waals surface area contributed by atoms with E-state index < -0.39 is 0 Å². The van der Waals surface area contributed by atoms with E-state index in [1.54, 1.807) is 13.1 Å². The first-order valence-corrected chi connectivity index (χ1v) is 3.94. The summed E-state index contributed by atoms with van der Waals surface area (Å²) in [6, 6.07) is 1.90. The summed E-state index contributed by atoms with van der Waals surface area (Å²) in [5.74, 6) is 0.0746. The van der Waals surface area contributed by atoms with Gasteiger partial charge in [-0.3, -0.25) is 9.78 Å². The van der Waals surface area contributed by atoms with E-state index in [2.05, 4.69) is 11.1 Å². The Hall–Kier alpha value is -1.44. The molecule has 0 spiro atoms. The predicted octanol–water partition coefficient (Wildman–Crippen LogP) is 1.85. The number of nitrogens with zero attached hydrogens (tertiary/aromatic N) is 1. The summed E-state index contributed by atoms with van der Waals surface area (Å²) in [7, 11) is 0. The standard InChI is InChI=1S/C10H9NO/c1-7(12)9-5-8-3-2-4-10(8)11-6-9/h2-3,5-6H,4H2,1H3. The lowest BCUT2D eigenvalue weighted by Crippen LogP contribution is -1.96. The highest BCUT2D eigenvalue weighted by Gasteiger charge is 2.08. The minimum absolute atomic E-state index is 0.0746. The van der Waals surface area contributed by atoms with Crippen LogP contribution < -0.4 is 0 Å². The lowest BCUT2D eigenvalue weighted by molar-refractivity contribution is 0.101. The average Bonchev–Trinajstić information content (AvgIpc) is 2.49. The zero-order valence-corrected chi connectivity index (χ0v) is 6.87. The van der Waals surface area contributed by atoms with E-state index >= 15 is 0 Å². The Balaban J connectivity index is 2.51. The monoisotopic (exact) mass is 159 g/mol. The molecule has 0 aromatic carbocycles. The molecule has 0 aliphatic heterocycles. The molecule has 0 atom stereocenters. The number of carbonyl (C=O) groups excluding carboxylic acids is 1. The topological polar surface area (TPSA) is 30.0 Å². The molecule has 60 valence electrons. The molecule has 12 heavy (non-hydrogen) atoms.